The predicted octanol–water partition coefficient (Wildman–Crippen LogP) is 3.88. The summed E-state index contributed by atoms with van der Waals surface area (Å²) in [4.78, 5) is 28.4. The van der Waals surface area contributed by atoms with Crippen LogP contribution in [0.2, 0.25) is 0 Å². The molecule has 0 aliphatic heterocycles. The number of hydrogen-bond acceptors (Lipinski definition) is 4. The standard InChI is InChI=1S/C22H24N2O3S/c1-2-24-19-9-8-15(13-18(19)17-6-3-7-20(26)21(17)24)22(27)23(10-11-25)14-16-5-4-12-28-16/h4-5,8-9,12-13,25H,2-3,6-7,10-11,14H2,1H3. The molecule has 1 amide bonds. The van der Waals surface area contributed by atoms with E-state index in [-0.39, 0.29) is 18.3 Å². The highest BCUT2D eigenvalue weighted by Crippen LogP contribution is 2.33. The molecule has 2 heterocycles. The first kappa shape index (κ1) is 18.9. The number of aliphatic hydroxyl groups excluding tert-OH is 1. The molecule has 146 valence electrons. The van der Waals surface area contributed by atoms with Gasteiger partial charge in [-0.25, -0.2) is 0 Å². The molecule has 2 aromatic heterocycles. The number of rotatable bonds is 6. The summed E-state index contributed by atoms with van der Waals surface area (Å²) < 4.78 is 2.08. The van der Waals surface area contributed by atoms with Crippen molar-refractivity contribution >= 4 is 33.9 Å². The van der Waals surface area contributed by atoms with Crippen LogP contribution in [0, 0.1) is 0 Å². The lowest BCUT2D eigenvalue weighted by Crippen LogP contribution is -2.32. The van der Waals surface area contributed by atoms with E-state index in [2.05, 4.69) is 4.57 Å². The van der Waals surface area contributed by atoms with Gasteiger partial charge in [0.05, 0.1) is 18.8 Å². The number of aryl methyl sites for hydroxylation is 2. The zero-order valence-corrected chi connectivity index (χ0v) is 16.8. The Morgan fingerprint density at radius 1 is 1.29 bits per heavy atom. The Labute approximate surface area is 168 Å². The Kier molecular flexibility index (Phi) is 5.33. The van der Waals surface area contributed by atoms with Gasteiger partial charge in [0.1, 0.15) is 0 Å². The van der Waals surface area contributed by atoms with E-state index in [1.54, 1.807) is 16.2 Å². The van der Waals surface area contributed by atoms with Crippen LogP contribution in [0.3, 0.4) is 0 Å². The van der Waals surface area contributed by atoms with Crippen molar-refractivity contribution in [3.05, 3.63) is 57.4 Å². The van der Waals surface area contributed by atoms with E-state index in [0.29, 0.717) is 25.1 Å². The molecular weight excluding hydrogens is 372 g/mol. The number of fused-ring (bicyclic) bond motifs is 3. The molecule has 1 aromatic carbocycles. The number of Topliss-reactive ketones (excluding diaryl/α,β-unsaturated/α-hetero) is 1. The summed E-state index contributed by atoms with van der Waals surface area (Å²) in [5.41, 5.74) is 3.52. The van der Waals surface area contributed by atoms with Crippen molar-refractivity contribution in [1.82, 2.24) is 9.47 Å². The minimum atomic E-state index is -0.0931. The molecule has 1 aliphatic carbocycles. The van der Waals surface area contributed by atoms with Gasteiger partial charge >= 0.3 is 0 Å². The maximum Gasteiger partial charge on any atom is 0.254 e. The highest BCUT2D eigenvalue weighted by atomic mass is 32.1. The van der Waals surface area contributed by atoms with E-state index in [4.69, 9.17) is 0 Å². The number of thiophene rings is 1. The normalized spacial score (nSPS) is 13.7. The topological polar surface area (TPSA) is 62.5 Å². The van der Waals surface area contributed by atoms with Gasteiger partial charge in [0, 0.05) is 40.9 Å². The summed E-state index contributed by atoms with van der Waals surface area (Å²) in [6.07, 6.45) is 2.33. The van der Waals surface area contributed by atoms with Crippen molar-refractivity contribution in [2.45, 2.75) is 39.3 Å². The van der Waals surface area contributed by atoms with E-state index >= 15 is 0 Å². The van der Waals surface area contributed by atoms with Gasteiger partial charge in [0.25, 0.3) is 5.91 Å². The molecule has 0 radical (unpaired) electrons. The summed E-state index contributed by atoms with van der Waals surface area (Å²) >= 11 is 1.60. The summed E-state index contributed by atoms with van der Waals surface area (Å²) in [5.74, 6) is 0.108. The molecule has 0 spiro atoms. The van der Waals surface area contributed by atoms with Crippen LogP contribution >= 0.6 is 11.3 Å². The van der Waals surface area contributed by atoms with Gasteiger partial charge in [-0.15, -0.1) is 11.3 Å². The molecule has 28 heavy (non-hydrogen) atoms. The third-order valence-electron chi connectivity index (χ3n) is 5.41. The summed E-state index contributed by atoms with van der Waals surface area (Å²) in [7, 11) is 0. The minimum Gasteiger partial charge on any atom is -0.395 e. The lowest BCUT2D eigenvalue weighted by atomic mass is 9.94. The Balaban J connectivity index is 1.74. The van der Waals surface area contributed by atoms with E-state index < -0.39 is 0 Å². The van der Waals surface area contributed by atoms with Crippen molar-refractivity contribution in [2.24, 2.45) is 0 Å². The van der Waals surface area contributed by atoms with Crippen LogP contribution in [0.25, 0.3) is 10.9 Å². The lowest BCUT2D eigenvalue weighted by molar-refractivity contribution is 0.0709. The van der Waals surface area contributed by atoms with Gasteiger partial charge in [-0.3, -0.25) is 9.59 Å². The smallest absolute Gasteiger partial charge is 0.254 e. The molecule has 0 saturated heterocycles. The first-order chi connectivity index (χ1) is 13.6. The summed E-state index contributed by atoms with van der Waals surface area (Å²) in [6.45, 7) is 3.49. The maximum absolute atomic E-state index is 13.2. The molecule has 0 atom stereocenters. The fraction of sp³-hybridized carbons (Fsp3) is 0.364. The zero-order chi connectivity index (χ0) is 19.7. The van der Waals surface area contributed by atoms with Crippen molar-refractivity contribution in [3.8, 4) is 0 Å². The summed E-state index contributed by atoms with van der Waals surface area (Å²) in [5, 5.41) is 12.4. The number of carbonyl (C=O) groups is 2. The van der Waals surface area contributed by atoms with Gasteiger partial charge in [0.15, 0.2) is 5.78 Å². The summed E-state index contributed by atoms with van der Waals surface area (Å²) in [6, 6.07) is 9.69. The number of nitrogens with zero attached hydrogens (tertiary/aromatic N) is 2. The average Bonchev–Trinajstić information content (AvgIpc) is 3.33. The van der Waals surface area contributed by atoms with E-state index in [0.717, 1.165) is 46.4 Å². The second-order valence-corrected chi connectivity index (χ2v) is 8.14. The zero-order valence-electron chi connectivity index (χ0n) is 16.0. The highest BCUT2D eigenvalue weighted by molar-refractivity contribution is 7.09. The first-order valence-corrected chi connectivity index (χ1v) is 10.6. The van der Waals surface area contributed by atoms with Crippen LogP contribution in [-0.4, -0.2) is 39.4 Å². The minimum absolute atomic E-state index is 0.0739. The molecule has 4 rings (SSSR count). The largest absolute Gasteiger partial charge is 0.395 e. The quantitative estimate of drug-likeness (QED) is 0.688. The van der Waals surface area contributed by atoms with Crippen molar-refractivity contribution in [2.75, 3.05) is 13.2 Å². The fourth-order valence-corrected chi connectivity index (χ4v) is 4.87. The van der Waals surface area contributed by atoms with E-state index in [1.165, 1.54) is 0 Å². The van der Waals surface area contributed by atoms with Crippen LogP contribution in [-0.2, 0) is 19.5 Å². The molecule has 0 fully saturated rings. The number of benzene rings is 1. The number of aromatic nitrogens is 1. The number of amides is 1. The first-order valence-electron chi connectivity index (χ1n) is 9.74. The van der Waals surface area contributed by atoms with Gasteiger partial charge in [-0.1, -0.05) is 6.07 Å². The monoisotopic (exact) mass is 396 g/mol. The van der Waals surface area contributed by atoms with Crippen molar-refractivity contribution < 1.29 is 14.7 Å². The Hall–Kier alpha value is -2.44. The van der Waals surface area contributed by atoms with Gasteiger partial charge in [-0.05, 0) is 55.0 Å². The fourth-order valence-electron chi connectivity index (χ4n) is 4.15. The Bertz CT molecular complexity index is 1020. The van der Waals surface area contributed by atoms with E-state index in [1.807, 2.05) is 42.6 Å². The molecule has 0 bridgehead atoms. The molecule has 0 saturated carbocycles. The molecule has 0 unspecified atom stereocenters. The molecule has 5 nitrogen and oxygen atoms in total. The average molecular weight is 397 g/mol. The van der Waals surface area contributed by atoms with Crippen LogP contribution in [0.15, 0.2) is 35.7 Å². The molecular formula is C22H24N2O3S. The van der Waals surface area contributed by atoms with Crippen LogP contribution in [0.1, 0.15) is 51.1 Å². The van der Waals surface area contributed by atoms with E-state index in [9.17, 15) is 14.7 Å². The van der Waals surface area contributed by atoms with Crippen molar-refractivity contribution in [1.29, 1.82) is 0 Å². The molecule has 3 aromatic rings. The van der Waals surface area contributed by atoms with Crippen LogP contribution < -0.4 is 0 Å². The maximum atomic E-state index is 13.2. The van der Waals surface area contributed by atoms with Crippen LogP contribution in [0.4, 0.5) is 0 Å². The SMILES string of the molecule is CCn1c2c(c3cc(C(=O)N(CCO)Cc4cccs4)ccc31)CCCC2=O. The number of carbonyl (C=O) groups excluding carboxylic acids is 2. The lowest BCUT2D eigenvalue weighted by Gasteiger charge is -2.21. The molecule has 1 N–H and O–H groups in total. The van der Waals surface area contributed by atoms with Crippen molar-refractivity contribution in [3.63, 3.8) is 0 Å². The van der Waals surface area contributed by atoms with Crippen LogP contribution in [0.5, 0.6) is 0 Å². The predicted molar refractivity (Wildman–Crippen MR) is 111 cm³/mol. The van der Waals surface area contributed by atoms with Gasteiger partial charge in [0.2, 0.25) is 0 Å². The highest BCUT2D eigenvalue weighted by Gasteiger charge is 2.26. The second kappa shape index (κ2) is 7.89. The third kappa shape index (κ3) is 3.27. The second-order valence-electron chi connectivity index (χ2n) is 7.11. The third-order valence-corrected chi connectivity index (χ3v) is 6.27. The number of ketones is 1. The molecule has 1 aliphatic rings. The Morgan fingerprint density at radius 2 is 2.14 bits per heavy atom. The Morgan fingerprint density at radius 3 is 2.86 bits per heavy atom. The number of aliphatic hydroxyl groups is 1. The number of hydrogen-bond donors (Lipinski definition) is 1. The molecule has 6 heteroatoms. The van der Waals surface area contributed by atoms with Gasteiger partial charge < -0.3 is 14.6 Å². The van der Waals surface area contributed by atoms with Gasteiger partial charge in [-0.2, -0.15) is 0 Å².